The van der Waals surface area contributed by atoms with Gasteiger partial charge in [-0.05, 0) is 19.4 Å². The SMILES string of the molecule is Cc1cc(C)cc(CC(=O)N(CCO)Cc2cncn2C)c1. The number of hydrogen-bond acceptors (Lipinski definition) is 3. The molecule has 0 radical (unpaired) electrons. The van der Waals surface area contributed by atoms with E-state index in [1.54, 1.807) is 17.4 Å². The van der Waals surface area contributed by atoms with E-state index in [-0.39, 0.29) is 12.5 Å². The summed E-state index contributed by atoms with van der Waals surface area (Å²) in [6.07, 6.45) is 3.80. The third kappa shape index (κ3) is 4.18. The van der Waals surface area contributed by atoms with Gasteiger partial charge in [0.05, 0.1) is 31.6 Å². The summed E-state index contributed by atoms with van der Waals surface area (Å²) in [7, 11) is 1.90. The van der Waals surface area contributed by atoms with Gasteiger partial charge in [-0.25, -0.2) is 4.98 Å². The Kier molecular flexibility index (Phi) is 5.33. The molecule has 2 aromatic rings. The highest BCUT2D eigenvalue weighted by atomic mass is 16.3. The number of imidazole rings is 1. The lowest BCUT2D eigenvalue weighted by molar-refractivity contribution is -0.131. The molecule has 0 spiro atoms. The number of aryl methyl sites for hydroxylation is 3. The molecule has 5 nitrogen and oxygen atoms in total. The largest absolute Gasteiger partial charge is 0.395 e. The van der Waals surface area contributed by atoms with Crippen LogP contribution >= 0.6 is 0 Å². The van der Waals surface area contributed by atoms with Crippen LogP contribution in [0.25, 0.3) is 0 Å². The number of aliphatic hydroxyl groups is 1. The van der Waals surface area contributed by atoms with Gasteiger partial charge in [0, 0.05) is 19.8 Å². The molecule has 0 aliphatic heterocycles. The number of aliphatic hydroxyl groups excluding tert-OH is 1. The molecule has 1 heterocycles. The lowest BCUT2D eigenvalue weighted by Crippen LogP contribution is -2.34. The first kappa shape index (κ1) is 16.2. The predicted molar refractivity (Wildman–Crippen MR) is 85.3 cm³/mol. The fourth-order valence-corrected chi connectivity index (χ4v) is 2.60. The van der Waals surface area contributed by atoms with Crippen molar-refractivity contribution in [3.05, 3.63) is 53.1 Å². The highest BCUT2D eigenvalue weighted by molar-refractivity contribution is 5.78. The topological polar surface area (TPSA) is 58.4 Å². The lowest BCUT2D eigenvalue weighted by Gasteiger charge is -2.22. The average Bonchev–Trinajstić information content (AvgIpc) is 2.82. The number of carbonyl (C=O) groups is 1. The third-order valence-corrected chi connectivity index (χ3v) is 3.63. The first-order valence-electron chi connectivity index (χ1n) is 7.40. The van der Waals surface area contributed by atoms with Crippen molar-refractivity contribution < 1.29 is 9.90 Å². The van der Waals surface area contributed by atoms with Crippen molar-refractivity contribution in [3.63, 3.8) is 0 Å². The molecular weight excluding hydrogens is 278 g/mol. The van der Waals surface area contributed by atoms with Crippen molar-refractivity contribution in [3.8, 4) is 0 Å². The minimum atomic E-state index is -0.0452. The zero-order valence-electron chi connectivity index (χ0n) is 13.4. The van der Waals surface area contributed by atoms with Crippen LogP contribution in [0.3, 0.4) is 0 Å². The molecule has 0 atom stereocenters. The van der Waals surface area contributed by atoms with E-state index in [9.17, 15) is 9.90 Å². The first-order chi connectivity index (χ1) is 10.5. The number of aromatic nitrogens is 2. The molecule has 0 bridgehead atoms. The molecule has 1 amide bonds. The molecule has 22 heavy (non-hydrogen) atoms. The van der Waals surface area contributed by atoms with Crippen molar-refractivity contribution in [2.45, 2.75) is 26.8 Å². The fraction of sp³-hybridized carbons (Fsp3) is 0.412. The summed E-state index contributed by atoms with van der Waals surface area (Å²) in [5.41, 5.74) is 4.27. The van der Waals surface area contributed by atoms with Crippen molar-refractivity contribution in [1.82, 2.24) is 14.5 Å². The van der Waals surface area contributed by atoms with Gasteiger partial charge in [0.15, 0.2) is 0 Å². The molecule has 0 aliphatic rings. The Morgan fingerprint density at radius 2 is 1.95 bits per heavy atom. The molecular formula is C17H23N3O2. The Hall–Kier alpha value is -2.14. The molecule has 0 saturated carbocycles. The van der Waals surface area contributed by atoms with Gasteiger partial charge in [0.1, 0.15) is 0 Å². The number of amides is 1. The fourth-order valence-electron chi connectivity index (χ4n) is 2.60. The van der Waals surface area contributed by atoms with Crippen LogP contribution < -0.4 is 0 Å². The summed E-state index contributed by atoms with van der Waals surface area (Å²) in [5, 5.41) is 9.22. The second-order valence-electron chi connectivity index (χ2n) is 5.71. The van der Waals surface area contributed by atoms with E-state index < -0.39 is 0 Å². The van der Waals surface area contributed by atoms with Crippen LogP contribution in [0.5, 0.6) is 0 Å². The second kappa shape index (κ2) is 7.22. The summed E-state index contributed by atoms with van der Waals surface area (Å²) >= 11 is 0. The first-order valence-corrected chi connectivity index (χ1v) is 7.40. The maximum atomic E-state index is 12.5. The van der Waals surface area contributed by atoms with Crippen LogP contribution in [0.1, 0.15) is 22.4 Å². The smallest absolute Gasteiger partial charge is 0.227 e. The van der Waals surface area contributed by atoms with Crippen LogP contribution in [0.4, 0.5) is 0 Å². The molecule has 1 N–H and O–H groups in total. The normalized spacial score (nSPS) is 10.7. The Bertz CT molecular complexity index is 629. The van der Waals surface area contributed by atoms with Gasteiger partial charge in [-0.1, -0.05) is 29.3 Å². The van der Waals surface area contributed by atoms with Gasteiger partial charge in [-0.3, -0.25) is 4.79 Å². The lowest BCUT2D eigenvalue weighted by atomic mass is 10.0. The van der Waals surface area contributed by atoms with Gasteiger partial charge < -0.3 is 14.6 Å². The highest BCUT2D eigenvalue weighted by Gasteiger charge is 2.16. The average molecular weight is 301 g/mol. The second-order valence-corrected chi connectivity index (χ2v) is 5.71. The van der Waals surface area contributed by atoms with Crippen LogP contribution in [-0.2, 0) is 24.8 Å². The van der Waals surface area contributed by atoms with E-state index in [1.165, 1.54) is 0 Å². The monoisotopic (exact) mass is 301 g/mol. The standard InChI is InChI=1S/C17H23N3O2/c1-13-6-14(2)8-15(7-13)9-17(22)20(4-5-21)11-16-10-18-12-19(16)3/h6-8,10,12,21H,4-5,9,11H2,1-3H3. The Morgan fingerprint density at radius 3 is 2.50 bits per heavy atom. The van der Waals surface area contributed by atoms with Gasteiger partial charge in [0.2, 0.25) is 5.91 Å². The summed E-state index contributed by atoms with van der Waals surface area (Å²) in [6, 6.07) is 6.16. The van der Waals surface area contributed by atoms with E-state index in [0.29, 0.717) is 19.5 Å². The zero-order valence-corrected chi connectivity index (χ0v) is 13.4. The summed E-state index contributed by atoms with van der Waals surface area (Å²) in [4.78, 5) is 18.3. The van der Waals surface area contributed by atoms with Crippen LogP contribution in [0, 0.1) is 13.8 Å². The zero-order chi connectivity index (χ0) is 16.1. The third-order valence-electron chi connectivity index (χ3n) is 3.63. The number of nitrogens with zero attached hydrogens (tertiary/aromatic N) is 3. The van der Waals surface area contributed by atoms with Crippen LogP contribution in [-0.4, -0.2) is 38.6 Å². The molecule has 2 rings (SSSR count). The minimum absolute atomic E-state index is 0.0141. The highest BCUT2D eigenvalue weighted by Crippen LogP contribution is 2.12. The molecule has 5 heteroatoms. The van der Waals surface area contributed by atoms with Gasteiger partial charge in [-0.2, -0.15) is 0 Å². The Morgan fingerprint density at radius 1 is 1.27 bits per heavy atom. The van der Waals surface area contributed by atoms with Crippen LogP contribution in [0.2, 0.25) is 0 Å². The Balaban J connectivity index is 2.10. The molecule has 1 aromatic carbocycles. The number of carbonyl (C=O) groups excluding carboxylic acids is 1. The number of rotatable bonds is 6. The predicted octanol–water partition coefficient (Wildman–Crippen LogP) is 1.60. The van der Waals surface area contributed by atoms with Crippen LogP contribution in [0.15, 0.2) is 30.7 Å². The van der Waals surface area contributed by atoms with Crippen molar-refractivity contribution in [2.75, 3.05) is 13.2 Å². The van der Waals surface area contributed by atoms with E-state index in [2.05, 4.69) is 11.1 Å². The van der Waals surface area contributed by atoms with E-state index in [1.807, 2.05) is 37.6 Å². The summed E-state index contributed by atoms with van der Waals surface area (Å²) in [5.74, 6) is 0.0141. The Labute approximate surface area is 131 Å². The van der Waals surface area contributed by atoms with Crippen molar-refractivity contribution in [2.24, 2.45) is 7.05 Å². The summed E-state index contributed by atoms with van der Waals surface area (Å²) in [6.45, 7) is 4.80. The number of hydrogen-bond donors (Lipinski definition) is 1. The maximum Gasteiger partial charge on any atom is 0.227 e. The summed E-state index contributed by atoms with van der Waals surface area (Å²) < 4.78 is 1.88. The molecule has 0 aliphatic carbocycles. The molecule has 1 aromatic heterocycles. The van der Waals surface area contributed by atoms with Crippen molar-refractivity contribution >= 4 is 5.91 Å². The minimum Gasteiger partial charge on any atom is -0.395 e. The van der Waals surface area contributed by atoms with E-state index in [0.717, 1.165) is 22.4 Å². The maximum absolute atomic E-state index is 12.5. The van der Waals surface area contributed by atoms with Gasteiger partial charge in [-0.15, -0.1) is 0 Å². The molecule has 0 unspecified atom stereocenters. The quantitative estimate of drug-likeness (QED) is 0.881. The van der Waals surface area contributed by atoms with Gasteiger partial charge in [0.25, 0.3) is 0 Å². The van der Waals surface area contributed by atoms with E-state index in [4.69, 9.17) is 0 Å². The van der Waals surface area contributed by atoms with Gasteiger partial charge >= 0.3 is 0 Å². The molecule has 0 saturated heterocycles. The molecule has 118 valence electrons. The van der Waals surface area contributed by atoms with Crippen molar-refractivity contribution in [1.29, 1.82) is 0 Å². The molecule has 0 fully saturated rings. The number of benzene rings is 1. The van der Waals surface area contributed by atoms with E-state index >= 15 is 0 Å².